The van der Waals surface area contributed by atoms with Crippen molar-refractivity contribution >= 4 is 18.2 Å². The van der Waals surface area contributed by atoms with Crippen LogP contribution in [0.2, 0.25) is 0 Å². The Morgan fingerprint density at radius 3 is 2.46 bits per heavy atom. The Morgan fingerprint density at radius 1 is 1.19 bits per heavy atom. The summed E-state index contributed by atoms with van der Waals surface area (Å²) in [5, 5.41) is 3.85. The van der Waals surface area contributed by atoms with Gasteiger partial charge in [-0.05, 0) is 51.5 Å². The lowest BCUT2D eigenvalue weighted by Crippen LogP contribution is -2.29. The summed E-state index contributed by atoms with van der Waals surface area (Å²) in [7, 11) is 3.32. The van der Waals surface area contributed by atoms with Crippen molar-refractivity contribution < 1.29 is 23.8 Å². The average molecular weight is 365 g/mol. The molecule has 0 aliphatic heterocycles. The van der Waals surface area contributed by atoms with Gasteiger partial charge in [0, 0.05) is 14.1 Å². The molecule has 1 N–H and O–H groups in total. The smallest absolute Gasteiger partial charge is 0.428 e. The molecule has 2 amide bonds. The first-order valence-corrected chi connectivity index (χ1v) is 8.24. The number of nitrogens with one attached hydrogen (secondary N) is 1. The summed E-state index contributed by atoms with van der Waals surface area (Å²) < 4.78 is 16.1. The van der Waals surface area contributed by atoms with Crippen LogP contribution in [0.3, 0.4) is 0 Å². The average Bonchev–Trinajstić information content (AvgIpc) is 2.52. The van der Waals surface area contributed by atoms with Crippen LogP contribution < -0.4 is 14.9 Å². The van der Waals surface area contributed by atoms with Gasteiger partial charge in [0.25, 0.3) is 5.91 Å². The standard InChI is InChI=1S/C18H27N3O5/c1-7-24-15-10-13(11-19-20-17(23)26-18(2,3)4)8-9-14(15)25-12-16(22)21(5)6/h8-11H,7,12H2,1-6H3,(H,20,23)/b19-11+. The Bertz CT molecular complexity index is 651. The topological polar surface area (TPSA) is 89.5 Å². The lowest BCUT2D eigenvalue weighted by atomic mass is 10.2. The van der Waals surface area contributed by atoms with Crippen LogP contribution >= 0.6 is 0 Å². The zero-order valence-electron chi connectivity index (χ0n) is 16.2. The van der Waals surface area contributed by atoms with Crippen molar-refractivity contribution in [3.05, 3.63) is 23.8 Å². The van der Waals surface area contributed by atoms with Crippen LogP contribution in [0.15, 0.2) is 23.3 Å². The molecular weight excluding hydrogens is 338 g/mol. The summed E-state index contributed by atoms with van der Waals surface area (Å²) in [4.78, 5) is 24.6. The number of hydrogen-bond acceptors (Lipinski definition) is 6. The molecule has 0 bridgehead atoms. The Labute approximate surface area is 154 Å². The molecule has 0 aliphatic rings. The first-order valence-electron chi connectivity index (χ1n) is 8.24. The molecule has 1 aromatic carbocycles. The fourth-order valence-corrected chi connectivity index (χ4v) is 1.72. The van der Waals surface area contributed by atoms with Crippen LogP contribution in [-0.2, 0) is 9.53 Å². The van der Waals surface area contributed by atoms with Gasteiger partial charge in [0.15, 0.2) is 18.1 Å². The number of carbonyl (C=O) groups is 2. The number of likely N-dealkylation sites (N-methyl/N-ethyl adjacent to an activating group) is 1. The van der Waals surface area contributed by atoms with E-state index >= 15 is 0 Å². The minimum atomic E-state index is -0.638. The van der Waals surface area contributed by atoms with Gasteiger partial charge in [0.05, 0.1) is 12.8 Å². The number of rotatable bonds is 7. The van der Waals surface area contributed by atoms with Crippen molar-refractivity contribution in [1.82, 2.24) is 10.3 Å². The molecule has 0 aromatic heterocycles. The van der Waals surface area contributed by atoms with E-state index in [4.69, 9.17) is 14.2 Å². The summed E-state index contributed by atoms with van der Waals surface area (Å²) in [6.07, 6.45) is 0.821. The van der Waals surface area contributed by atoms with E-state index < -0.39 is 11.7 Å². The Kier molecular flexibility index (Phi) is 7.89. The maximum Gasteiger partial charge on any atom is 0.428 e. The molecule has 1 aromatic rings. The van der Waals surface area contributed by atoms with Crippen LogP contribution in [0.1, 0.15) is 33.3 Å². The summed E-state index contributed by atoms with van der Waals surface area (Å²) >= 11 is 0. The van der Waals surface area contributed by atoms with Gasteiger partial charge in [-0.25, -0.2) is 10.2 Å². The Balaban J connectivity index is 2.76. The summed E-state index contributed by atoms with van der Waals surface area (Å²) in [5.74, 6) is 0.791. The molecule has 8 heteroatoms. The Hall–Kier alpha value is -2.77. The molecule has 1 rings (SSSR count). The lowest BCUT2D eigenvalue weighted by molar-refractivity contribution is -0.130. The normalized spacial score (nSPS) is 11.2. The highest BCUT2D eigenvalue weighted by molar-refractivity contribution is 5.82. The van der Waals surface area contributed by atoms with E-state index in [0.29, 0.717) is 23.7 Å². The highest BCUT2D eigenvalue weighted by Crippen LogP contribution is 2.28. The molecular formula is C18H27N3O5. The van der Waals surface area contributed by atoms with E-state index in [1.54, 1.807) is 53.1 Å². The van der Waals surface area contributed by atoms with Gasteiger partial charge in [-0.3, -0.25) is 4.79 Å². The molecule has 144 valence electrons. The van der Waals surface area contributed by atoms with E-state index in [-0.39, 0.29) is 12.5 Å². The molecule has 0 unspecified atom stereocenters. The van der Waals surface area contributed by atoms with Gasteiger partial charge < -0.3 is 19.1 Å². The summed E-state index contributed by atoms with van der Waals surface area (Å²) in [6, 6.07) is 5.13. The maximum atomic E-state index is 11.6. The zero-order valence-corrected chi connectivity index (χ0v) is 16.2. The third kappa shape index (κ3) is 7.87. The summed E-state index contributed by atoms with van der Waals surface area (Å²) in [6.45, 7) is 7.51. The van der Waals surface area contributed by atoms with E-state index in [1.165, 1.54) is 11.1 Å². The number of hydrazone groups is 1. The molecule has 0 atom stereocenters. The van der Waals surface area contributed by atoms with E-state index in [1.807, 2.05) is 6.92 Å². The highest BCUT2D eigenvalue weighted by atomic mass is 16.6. The van der Waals surface area contributed by atoms with Crippen molar-refractivity contribution in [3.8, 4) is 11.5 Å². The van der Waals surface area contributed by atoms with Gasteiger partial charge >= 0.3 is 6.09 Å². The largest absolute Gasteiger partial charge is 0.490 e. The lowest BCUT2D eigenvalue weighted by Gasteiger charge is -2.18. The second-order valence-electron chi connectivity index (χ2n) is 6.59. The first-order chi connectivity index (χ1) is 12.1. The van der Waals surface area contributed by atoms with E-state index in [9.17, 15) is 9.59 Å². The van der Waals surface area contributed by atoms with Crippen molar-refractivity contribution in [1.29, 1.82) is 0 Å². The molecule has 8 nitrogen and oxygen atoms in total. The number of benzene rings is 1. The quantitative estimate of drug-likeness (QED) is 0.592. The molecule has 0 aliphatic carbocycles. The number of amides is 2. The Morgan fingerprint density at radius 2 is 1.88 bits per heavy atom. The van der Waals surface area contributed by atoms with Gasteiger partial charge in [-0.15, -0.1) is 0 Å². The van der Waals surface area contributed by atoms with Gasteiger partial charge in [-0.1, -0.05) is 0 Å². The molecule has 0 saturated carbocycles. The molecule has 0 radical (unpaired) electrons. The summed E-state index contributed by atoms with van der Waals surface area (Å²) in [5.41, 5.74) is 2.39. The second kappa shape index (κ2) is 9.65. The molecule has 0 spiro atoms. The fourth-order valence-electron chi connectivity index (χ4n) is 1.72. The van der Waals surface area contributed by atoms with Crippen LogP contribution in [0.5, 0.6) is 11.5 Å². The maximum absolute atomic E-state index is 11.6. The predicted octanol–water partition coefficient (Wildman–Crippen LogP) is 2.41. The number of ether oxygens (including phenoxy) is 3. The van der Waals surface area contributed by atoms with E-state index in [2.05, 4.69) is 10.5 Å². The van der Waals surface area contributed by atoms with Crippen LogP contribution in [0, 0.1) is 0 Å². The second-order valence-corrected chi connectivity index (χ2v) is 6.59. The minimum absolute atomic E-state index is 0.0826. The van der Waals surface area contributed by atoms with Crippen LogP contribution in [0.4, 0.5) is 4.79 Å². The third-order valence-corrected chi connectivity index (χ3v) is 2.89. The molecule has 0 fully saturated rings. The monoisotopic (exact) mass is 365 g/mol. The zero-order chi connectivity index (χ0) is 19.7. The molecule has 26 heavy (non-hydrogen) atoms. The van der Waals surface area contributed by atoms with Crippen molar-refractivity contribution in [2.75, 3.05) is 27.3 Å². The number of nitrogens with zero attached hydrogens (tertiary/aromatic N) is 2. The minimum Gasteiger partial charge on any atom is -0.490 e. The number of carbonyl (C=O) groups excluding carboxylic acids is 2. The SMILES string of the molecule is CCOc1cc(/C=N/NC(=O)OC(C)(C)C)ccc1OCC(=O)N(C)C. The van der Waals surface area contributed by atoms with Crippen molar-refractivity contribution in [2.45, 2.75) is 33.3 Å². The van der Waals surface area contributed by atoms with Crippen LogP contribution in [0.25, 0.3) is 0 Å². The van der Waals surface area contributed by atoms with Gasteiger partial charge in [0.1, 0.15) is 5.60 Å². The van der Waals surface area contributed by atoms with Crippen molar-refractivity contribution in [3.63, 3.8) is 0 Å². The van der Waals surface area contributed by atoms with Crippen molar-refractivity contribution in [2.24, 2.45) is 5.10 Å². The third-order valence-electron chi connectivity index (χ3n) is 2.89. The van der Waals surface area contributed by atoms with Gasteiger partial charge in [-0.2, -0.15) is 5.10 Å². The molecule has 0 heterocycles. The molecule has 0 saturated heterocycles. The van der Waals surface area contributed by atoms with Gasteiger partial charge in [0.2, 0.25) is 0 Å². The first kappa shape index (κ1) is 21.3. The number of hydrogen-bond donors (Lipinski definition) is 1. The predicted molar refractivity (Wildman–Crippen MR) is 98.8 cm³/mol. The fraction of sp³-hybridized carbons (Fsp3) is 0.500. The van der Waals surface area contributed by atoms with Crippen LogP contribution in [-0.4, -0.2) is 56.0 Å². The van der Waals surface area contributed by atoms with E-state index in [0.717, 1.165) is 0 Å². The highest BCUT2D eigenvalue weighted by Gasteiger charge is 2.15.